The average molecular weight is 469 g/mol. The van der Waals surface area contributed by atoms with E-state index in [1.54, 1.807) is 36.4 Å². The second-order valence-corrected chi connectivity index (χ2v) is 13.3. The summed E-state index contributed by atoms with van der Waals surface area (Å²) >= 11 is 0. The zero-order valence-corrected chi connectivity index (χ0v) is 20.8. The standard InChI is InChI=1S/C23H32O6S2/c1-17(31(26,27)29-21-14-9-8-13-20(21)23(5,6)7)16-30(24,25)28-19-12-10-11-18(15-19)22(2,3)4/h8-15,17H,16H2,1-7H3. The first kappa shape index (κ1) is 25.2. The molecular weight excluding hydrogens is 436 g/mol. The van der Waals surface area contributed by atoms with Gasteiger partial charge in [-0.15, -0.1) is 0 Å². The van der Waals surface area contributed by atoms with Gasteiger partial charge in [-0.1, -0.05) is 71.9 Å². The number of hydrogen-bond acceptors (Lipinski definition) is 6. The normalized spacial score (nSPS) is 14.2. The van der Waals surface area contributed by atoms with Gasteiger partial charge < -0.3 is 8.37 Å². The van der Waals surface area contributed by atoms with Crippen molar-refractivity contribution in [3.8, 4) is 11.5 Å². The van der Waals surface area contributed by atoms with Crippen LogP contribution in [0.25, 0.3) is 0 Å². The summed E-state index contributed by atoms with van der Waals surface area (Å²) in [5, 5.41) is -1.32. The number of hydrogen-bond donors (Lipinski definition) is 0. The van der Waals surface area contributed by atoms with Crippen molar-refractivity contribution < 1.29 is 25.2 Å². The molecule has 0 aliphatic carbocycles. The Hall–Kier alpha value is -2.06. The van der Waals surface area contributed by atoms with Gasteiger partial charge in [0.25, 0.3) is 0 Å². The second kappa shape index (κ2) is 8.82. The molecular formula is C23H32O6S2. The quantitative estimate of drug-likeness (QED) is 0.543. The fourth-order valence-electron chi connectivity index (χ4n) is 2.93. The highest BCUT2D eigenvalue weighted by Gasteiger charge is 2.32. The SMILES string of the molecule is CC(CS(=O)(=O)Oc1cccc(C(C)(C)C)c1)S(=O)(=O)Oc1ccccc1C(C)(C)C. The molecule has 172 valence electrons. The minimum absolute atomic E-state index is 0.149. The van der Waals surface area contributed by atoms with E-state index in [-0.39, 0.29) is 22.3 Å². The molecule has 2 aromatic carbocycles. The molecule has 8 heteroatoms. The second-order valence-electron chi connectivity index (χ2n) is 9.72. The maximum Gasteiger partial charge on any atom is 0.312 e. The van der Waals surface area contributed by atoms with Crippen LogP contribution in [0.5, 0.6) is 11.5 Å². The van der Waals surface area contributed by atoms with E-state index in [2.05, 4.69) is 0 Å². The first-order chi connectivity index (χ1) is 14.0. The highest BCUT2D eigenvalue weighted by Crippen LogP contribution is 2.32. The van der Waals surface area contributed by atoms with Crippen molar-refractivity contribution in [3.05, 3.63) is 59.7 Å². The highest BCUT2D eigenvalue weighted by molar-refractivity contribution is 7.91. The van der Waals surface area contributed by atoms with Crippen LogP contribution >= 0.6 is 0 Å². The van der Waals surface area contributed by atoms with E-state index in [4.69, 9.17) is 8.37 Å². The Labute approximate surface area is 186 Å². The summed E-state index contributed by atoms with van der Waals surface area (Å²) in [5.41, 5.74) is 1.09. The van der Waals surface area contributed by atoms with Crippen molar-refractivity contribution in [2.45, 2.75) is 64.5 Å². The molecule has 0 radical (unpaired) electrons. The van der Waals surface area contributed by atoms with Crippen LogP contribution in [-0.4, -0.2) is 27.8 Å². The summed E-state index contributed by atoms with van der Waals surface area (Å²) in [6.45, 7) is 13.1. The third-order valence-electron chi connectivity index (χ3n) is 4.76. The average Bonchev–Trinajstić information content (AvgIpc) is 2.59. The van der Waals surface area contributed by atoms with Crippen molar-refractivity contribution in [2.75, 3.05) is 5.75 Å². The Morgan fingerprint density at radius 1 is 0.806 bits per heavy atom. The van der Waals surface area contributed by atoms with Gasteiger partial charge in [0.15, 0.2) is 0 Å². The minimum Gasteiger partial charge on any atom is -0.382 e. The molecule has 1 unspecified atom stereocenters. The lowest BCUT2D eigenvalue weighted by atomic mass is 9.86. The van der Waals surface area contributed by atoms with E-state index in [1.807, 2.05) is 47.6 Å². The van der Waals surface area contributed by atoms with Gasteiger partial charge in [-0.25, -0.2) is 0 Å². The van der Waals surface area contributed by atoms with Gasteiger partial charge in [-0.05, 0) is 41.5 Å². The molecule has 0 amide bonds. The zero-order chi connectivity index (χ0) is 23.7. The van der Waals surface area contributed by atoms with Gasteiger partial charge in [-0.2, -0.15) is 16.8 Å². The maximum absolute atomic E-state index is 12.8. The highest BCUT2D eigenvalue weighted by atomic mass is 32.2. The first-order valence-electron chi connectivity index (χ1n) is 10.1. The van der Waals surface area contributed by atoms with Gasteiger partial charge in [0.05, 0.1) is 0 Å². The molecule has 2 aromatic rings. The van der Waals surface area contributed by atoms with E-state index < -0.39 is 31.2 Å². The molecule has 0 saturated heterocycles. The Bertz CT molecular complexity index is 1120. The van der Waals surface area contributed by atoms with Crippen LogP contribution in [0.1, 0.15) is 59.6 Å². The van der Waals surface area contributed by atoms with Crippen molar-refractivity contribution >= 4 is 20.2 Å². The van der Waals surface area contributed by atoms with Gasteiger partial charge >= 0.3 is 20.2 Å². The molecule has 0 N–H and O–H groups in total. The zero-order valence-electron chi connectivity index (χ0n) is 19.2. The first-order valence-corrected chi connectivity index (χ1v) is 13.1. The molecule has 0 aliphatic rings. The van der Waals surface area contributed by atoms with Crippen LogP contribution in [0, 0.1) is 0 Å². The molecule has 2 rings (SSSR count). The van der Waals surface area contributed by atoms with Crippen LogP contribution in [0.2, 0.25) is 0 Å². The van der Waals surface area contributed by atoms with Gasteiger partial charge in [0.2, 0.25) is 0 Å². The largest absolute Gasteiger partial charge is 0.382 e. The molecule has 0 aliphatic heterocycles. The number of benzene rings is 2. The van der Waals surface area contributed by atoms with E-state index in [0.29, 0.717) is 5.56 Å². The Morgan fingerprint density at radius 3 is 2.00 bits per heavy atom. The Balaban J connectivity index is 2.19. The van der Waals surface area contributed by atoms with Gasteiger partial charge in [0, 0.05) is 5.56 Å². The minimum atomic E-state index is -4.21. The van der Waals surface area contributed by atoms with Gasteiger partial charge in [0.1, 0.15) is 22.5 Å². The van der Waals surface area contributed by atoms with Crippen LogP contribution in [0.4, 0.5) is 0 Å². The molecule has 0 saturated carbocycles. The Morgan fingerprint density at radius 2 is 1.42 bits per heavy atom. The lowest BCUT2D eigenvalue weighted by molar-refractivity contribution is 0.455. The third kappa shape index (κ3) is 6.97. The lowest BCUT2D eigenvalue weighted by Crippen LogP contribution is -2.32. The molecule has 0 spiro atoms. The Kier molecular flexibility index (Phi) is 7.17. The van der Waals surface area contributed by atoms with Crippen molar-refractivity contribution in [3.63, 3.8) is 0 Å². The molecule has 31 heavy (non-hydrogen) atoms. The smallest absolute Gasteiger partial charge is 0.312 e. The monoisotopic (exact) mass is 468 g/mol. The fourth-order valence-corrected chi connectivity index (χ4v) is 5.70. The van der Waals surface area contributed by atoms with Crippen LogP contribution in [0.3, 0.4) is 0 Å². The summed E-state index contributed by atoms with van der Waals surface area (Å²) in [6.07, 6.45) is 0. The topological polar surface area (TPSA) is 86.7 Å². The fraction of sp³-hybridized carbons (Fsp3) is 0.478. The summed E-state index contributed by atoms with van der Waals surface area (Å²) < 4.78 is 61.1. The summed E-state index contributed by atoms with van der Waals surface area (Å²) in [6, 6.07) is 13.6. The van der Waals surface area contributed by atoms with Crippen molar-refractivity contribution in [1.29, 1.82) is 0 Å². The summed E-state index contributed by atoms with van der Waals surface area (Å²) in [4.78, 5) is 0. The van der Waals surface area contributed by atoms with E-state index in [0.717, 1.165) is 5.56 Å². The molecule has 0 heterocycles. The van der Waals surface area contributed by atoms with Crippen LogP contribution < -0.4 is 8.37 Å². The predicted octanol–water partition coefficient (Wildman–Crippen LogP) is 4.79. The van der Waals surface area contributed by atoms with Crippen LogP contribution in [-0.2, 0) is 31.1 Å². The molecule has 0 fully saturated rings. The third-order valence-corrected chi connectivity index (χ3v) is 7.89. The summed E-state index contributed by atoms with van der Waals surface area (Å²) in [5.74, 6) is -0.388. The van der Waals surface area contributed by atoms with Crippen molar-refractivity contribution in [2.24, 2.45) is 0 Å². The van der Waals surface area contributed by atoms with E-state index in [1.165, 1.54) is 13.0 Å². The van der Waals surface area contributed by atoms with Crippen LogP contribution in [0.15, 0.2) is 48.5 Å². The molecule has 6 nitrogen and oxygen atoms in total. The van der Waals surface area contributed by atoms with Gasteiger partial charge in [-0.3, -0.25) is 0 Å². The maximum atomic E-state index is 12.8. The predicted molar refractivity (Wildman–Crippen MR) is 124 cm³/mol. The van der Waals surface area contributed by atoms with E-state index >= 15 is 0 Å². The lowest BCUT2D eigenvalue weighted by Gasteiger charge is -2.23. The molecule has 0 aromatic heterocycles. The molecule has 1 atom stereocenters. The molecule has 0 bridgehead atoms. The number of rotatable bonds is 7. The number of para-hydroxylation sites is 1. The van der Waals surface area contributed by atoms with Crippen molar-refractivity contribution in [1.82, 2.24) is 0 Å². The summed E-state index contributed by atoms with van der Waals surface area (Å²) in [7, 11) is -8.38. The van der Waals surface area contributed by atoms with E-state index in [9.17, 15) is 16.8 Å².